The fourth-order valence-electron chi connectivity index (χ4n) is 4.58. The Morgan fingerprint density at radius 1 is 1.07 bits per heavy atom. The van der Waals surface area contributed by atoms with Crippen LogP contribution in [-0.2, 0) is 24.1 Å². The van der Waals surface area contributed by atoms with Crippen LogP contribution < -0.4 is 0 Å². The average Bonchev–Trinajstić information content (AvgIpc) is 3.27. The molecule has 0 fully saturated rings. The van der Waals surface area contributed by atoms with E-state index in [0.29, 0.717) is 6.42 Å². The van der Waals surface area contributed by atoms with Crippen LogP contribution in [0.2, 0.25) is 0 Å². The molecule has 1 aliphatic carbocycles. The lowest BCUT2D eigenvalue weighted by atomic mass is 10.0. The van der Waals surface area contributed by atoms with Gasteiger partial charge in [0.2, 0.25) is 0 Å². The van der Waals surface area contributed by atoms with Gasteiger partial charge in [-0.1, -0.05) is 49.7 Å². The van der Waals surface area contributed by atoms with Crippen molar-refractivity contribution in [1.29, 1.82) is 0 Å². The highest BCUT2D eigenvalue weighted by atomic mass is 16.1. The standard InChI is InChI=1S/C27H26N2O/c1-3-4-5-18-7-11-25(28-16-18)20-8-10-23-24-14-21-13-19(12-17(2)30)6-9-22(21)27(24)29-26(23)15-20/h6-11,13,15-16,29H,3-5,12,14H2,1-2H3. The number of rotatable bonds is 6. The molecule has 0 saturated carbocycles. The molecule has 0 amide bonds. The van der Waals surface area contributed by atoms with Crippen LogP contribution in [0.4, 0.5) is 0 Å². The number of carbonyl (C=O) groups is 1. The zero-order valence-corrected chi connectivity index (χ0v) is 17.6. The number of fused-ring (bicyclic) bond motifs is 5. The molecule has 4 aromatic rings. The number of aryl methyl sites for hydroxylation is 1. The average molecular weight is 395 g/mol. The fraction of sp³-hybridized carbons (Fsp3) is 0.259. The molecule has 5 rings (SSSR count). The van der Waals surface area contributed by atoms with Crippen molar-refractivity contribution in [3.05, 3.63) is 77.0 Å². The maximum atomic E-state index is 11.5. The molecule has 3 nitrogen and oxygen atoms in total. The summed E-state index contributed by atoms with van der Waals surface area (Å²) in [4.78, 5) is 19.8. The van der Waals surface area contributed by atoms with E-state index >= 15 is 0 Å². The van der Waals surface area contributed by atoms with E-state index < -0.39 is 0 Å². The monoisotopic (exact) mass is 394 g/mol. The Bertz CT molecular complexity index is 1250. The number of hydrogen-bond donors (Lipinski definition) is 1. The van der Waals surface area contributed by atoms with E-state index in [-0.39, 0.29) is 5.78 Å². The lowest BCUT2D eigenvalue weighted by Crippen LogP contribution is -1.97. The first-order valence-electron chi connectivity index (χ1n) is 10.8. The number of aromatic amines is 1. The summed E-state index contributed by atoms with van der Waals surface area (Å²) >= 11 is 0. The first kappa shape index (κ1) is 18.8. The minimum Gasteiger partial charge on any atom is -0.354 e. The SMILES string of the molecule is CCCCc1ccc(-c2ccc3c4c([nH]c3c2)-c2ccc(CC(C)=O)cc2C4)nc1. The molecule has 0 radical (unpaired) electrons. The zero-order chi connectivity index (χ0) is 20.7. The highest BCUT2D eigenvalue weighted by Crippen LogP contribution is 2.41. The van der Waals surface area contributed by atoms with Crippen molar-refractivity contribution in [2.75, 3.05) is 0 Å². The summed E-state index contributed by atoms with van der Waals surface area (Å²) in [6.07, 6.45) is 6.95. The molecule has 2 aromatic heterocycles. The first-order valence-corrected chi connectivity index (χ1v) is 10.8. The number of aromatic nitrogens is 2. The summed E-state index contributed by atoms with van der Waals surface area (Å²) in [5, 5.41) is 1.28. The Morgan fingerprint density at radius 2 is 1.93 bits per heavy atom. The number of nitrogens with one attached hydrogen (secondary N) is 1. The van der Waals surface area contributed by atoms with Crippen molar-refractivity contribution in [2.24, 2.45) is 0 Å². The predicted molar refractivity (Wildman–Crippen MR) is 123 cm³/mol. The molecule has 0 unspecified atom stereocenters. The van der Waals surface area contributed by atoms with Crippen LogP contribution >= 0.6 is 0 Å². The predicted octanol–water partition coefficient (Wildman–Crippen LogP) is 6.28. The Balaban J connectivity index is 1.46. The van der Waals surface area contributed by atoms with E-state index in [1.54, 1.807) is 6.92 Å². The third-order valence-electron chi connectivity index (χ3n) is 6.10. The number of ketones is 1. The van der Waals surface area contributed by atoms with Gasteiger partial charge in [0, 0.05) is 41.1 Å². The Labute approximate surface area is 177 Å². The van der Waals surface area contributed by atoms with Crippen LogP contribution in [0.15, 0.2) is 54.7 Å². The van der Waals surface area contributed by atoms with Gasteiger partial charge in [0.15, 0.2) is 0 Å². The van der Waals surface area contributed by atoms with E-state index in [1.807, 2.05) is 6.20 Å². The molecule has 2 aromatic carbocycles. The van der Waals surface area contributed by atoms with Crippen LogP contribution in [0.1, 0.15) is 48.9 Å². The number of carbonyl (C=O) groups excluding carboxylic acids is 1. The van der Waals surface area contributed by atoms with E-state index in [1.165, 1.54) is 46.2 Å². The van der Waals surface area contributed by atoms with Gasteiger partial charge in [0.1, 0.15) is 5.78 Å². The number of Topliss-reactive ketones (excluding diaryl/α,β-unsaturated/α-hetero) is 1. The van der Waals surface area contributed by atoms with Gasteiger partial charge in [-0.05, 0) is 54.2 Å². The summed E-state index contributed by atoms with van der Waals surface area (Å²) in [6.45, 7) is 3.86. The second kappa shape index (κ2) is 7.56. The third kappa shape index (κ3) is 3.35. The van der Waals surface area contributed by atoms with Gasteiger partial charge in [-0.15, -0.1) is 0 Å². The minimum absolute atomic E-state index is 0.205. The molecule has 0 bridgehead atoms. The number of unbranched alkanes of at least 4 members (excludes halogenated alkanes) is 1. The van der Waals surface area contributed by atoms with Gasteiger partial charge < -0.3 is 4.98 Å². The number of H-pyrrole nitrogens is 1. The van der Waals surface area contributed by atoms with Crippen molar-refractivity contribution >= 4 is 16.7 Å². The zero-order valence-electron chi connectivity index (χ0n) is 17.6. The number of nitrogens with zero attached hydrogens (tertiary/aromatic N) is 1. The molecule has 2 heterocycles. The quantitative estimate of drug-likeness (QED) is 0.369. The maximum absolute atomic E-state index is 11.5. The second-order valence-corrected chi connectivity index (χ2v) is 8.44. The van der Waals surface area contributed by atoms with Gasteiger partial charge in [-0.3, -0.25) is 9.78 Å². The molecule has 3 heteroatoms. The summed E-state index contributed by atoms with van der Waals surface area (Å²) < 4.78 is 0. The topological polar surface area (TPSA) is 45.8 Å². The molecule has 30 heavy (non-hydrogen) atoms. The van der Waals surface area contributed by atoms with E-state index in [9.17, 15) is 4.79 Å². The van der Waals surface area contributed by atoms with E-state index in [2.05, 4.69) is 60.4 Å². The highest BCUT2D eigenvalue weighted by molar-refractivity contribution is 5.96. The summed E-state index contributed by atoms with van der Waals surface area (Å²) in [6, 6.07) is 17.4. The Hall–Kier alpha value is -3.20. The van der Waals surface area contributed by atoms with Gasteiger partial charge in [-0.25, -0.2) is 0 Å². The molecule has 0 spiro atoms. The highest BCUT2D eigenvalue weighted by Gasteiger charge is 2.23. The third-order valence-corrected chi connectivity index (χ3v) is 6.10. The fourth-order valence-corrected chi connectivity index (χ4v) is 4.58. The van der Waals surface area contributed by atoms with Crippen LogP contribution in [-0.4, -0.2) is 15.8 Å². The lowest BCUT2D eigenvalue weighted by Gasteiger charge is -2.05. The van der Waals surface area contributed by atoms with Crippen molar-refractivity contribution < 1.29 is 4.79 Å². The summed E-state index contributed by atoms with van der Waals surface area (Å²) in [5.74, 6) is 0.205. The van der Waals surface area contributed by atoms with Crippen molar-refractivity contribution in [1.82, 2.24) is 9.97 Å². The maximum Gasteiger partial charge on any atom is 0.134 e. The molecule has 1 aliphatic rings. The van der Waals surface area contributed by atoms with Crippen LogP contribution in [0.3, 0.4) is 0 Å². The van der Waals surface area contributed by atoms with Gasteiger partial charge in [-0.2, -0.15) is 0 Å². The normalized spacial score (nSPS) is 12.2. The van der Waals surface area contributed by atoms with Crippen molar-refractivity contribution in [3.63, 3.8) is 0 Å². The molecular weight excluding hydrogens is 368 g/mol. The molecule has 0 aliphatic heterocycles. The molecule has 1 N–H and O–H groups in total. The van der Waals surface area contributed by atoms with Gasteiger partial charge >= 0.3 is 0 Å². The minimum atomic E-state index is 0.205. The van der Waals surface area contributed by atoms with Crippen LogP contribution in [0.25, 0.3) is 33.4 Å². The van der Waals surface area contributed by atoms with Gasteiger partial charge in [0.05, 0.1) is 11.4 Å². The Kier molecular flexibility index (Phi) is 4.74. The van der Waals surface area contributed by atoms with Crippen molar-refractivity contribution in [2.45, 2.75) is 46.0 Å². The van der Waals surface area contributed by atoms with E-state index in [4.69, 9.17) is 4.98 Å². The van der Waals surface area contributed by atoms with Gasteiger partial charge in [0.25, 0.3) is 0 Å². The summed E-state index contributed by atoms with van der Waals surface area (Å²) in [5.41, 5.74) is 10.9. The smallest absolute Gasteiger partial charge is 0.134 e. The first-order chi connectivity index (χ1) is 14.6. The largest absolute Gasteiger partial charge is 0.354 e. The molecule has 150 valence electrons. The number of hydrogen-bond acceptors (Lipinski definition) is 2. The molecular formula is C27H26N2O. The van der Waals surface area contributed by atoms with E-state index in [0.717, 1.165) is 35.2 Å². The Morgan fingerprint density at radius 3 is 2.70 bits per heavy atom. The lowest BCUT2D eigenvalue weighted by molar-refractivity contribution is -0.116. The molecule has 0 atom stereocenters. The summed E-state index contributed by atoms with van der Waals surface area (Å²) in [7, 11) is 0. The van der Waals surface area contributed by atoms with Crippen LogP contribution in [0.5, 0.6) is 0 Å². The number of pyridine rings is 1. The number of benzene rings is 2. The molecule has 0 saturated heterocycles. The van der Waals surface area contributed by atoms with Crippen molar-refractivity contribution in [3.8, 4) is 22.5 Å². The second-order valence-electron chi connectivity index (χ2n) is 8.44. The van der Waals surface area contributed by atoms with Crippen LogP contribution in [0, 0.1) is 0 Å².